The number of hydrogen-bond donors (Lipinski definition) is 3. The summed E-state index contributed by atoms with van der Waals surface area (Å²) >= 11 is 0. The minimum atomic E-state index is -0.848. The molecule has 5 nitrogen and oxygen atoms in total. The fourth-order valence-corrected chi connectivity index (χ4v) is 1.60. The third-order valence-electron chi connectivity index (χ3n) is 2.61. The highest BCUT2D eigenvalue weighted by Gasteiger charge is 2.36. The summed E-state index contributed by atoms with van der Waals surface area (Å²) < 4.78 is 0. The van der Waals surface area contributed by atoms with Crippen molar-refractivity contribution in [3.8, 4) is 0 Å². The van der Waals surface area contributed by atoms with E-state index < -0.39 is 5.60 Å². The second-order valence-electron chi connectivity index (χ2n) is 4.14. The Labute approximate surface area is 93.9 Å². The first-order valence-electron chi connectivity index (χ1n) is 5.27. The maximum absolute atomic E-state index is 11.5. The van der Waals surface area contributed by atoms with Crippen LogP contribution < -0.4 is 10.6 Å². The minimum absolute atomic E-state index is 0.132. The lowest BCUT2D eigenvalue weighted by molar-refractivity contribution is -0.128. The van der Waals surface area contributed by atoms with Crippen LogP contribution in [0.25, 0.3) is 0 Å². The zero-order chi connectivity index (χ0) is 11.4. The number of amides is 1. The molecule has 0 aromatic carbocycles. The first-order valence-corrected chi connectivity index (χ1v) is 5.27. The molecule has 2 heterocycles. The highest BCUT2D eigenvalue weighted by atomic mass is 16.3. The molecule has 0 bridgehead atoms. The van der Waals surface area contributed by atoms with Crippen molar-refractivity contribution in [3.05, 3.63) is 30.1 Å². The fraction of sp³-hybridized carbons (Fsp3) is 0.455. The van der Waals surface area contributed by atoms with Crippen LogP contribution in [0.4, 0.5) is 0 Å². The number of hydrogen-bond acceptors (Lipinski definition) is 4. The maximum Gasteiger partial charge on any atom is 0.223 e. The molecule has 1 aliphatic rings. The molecule has 1 fully saturated rings. The second kappa shape index (κ2) is 4.59. The van der Waals surface area contributed by atoms with Crippen LogP contribution in [0.1, 0.15) is 12.0 Å². The zero-order valence-corrected chi connectivity index (χ0v) is 8.94. The van der Waals surface area contributed by atoms with Gasteiger partial charge < -0.3 is 15.7 Å². The molecule has 0 spiro atoms. The van der Waals surface area contributed by atoms with Crippen LogP contribution in [-0.2, 0) is 11.3 Å². The summed E-state index contributed by atoms with van der Waals surface area (Å²) in [5, 5.41) is 15.4. The molecule has 0 radical (unpaired) electrons. The number of nitrogens with one attached hydrogen (secondary N) is 2. The number of carbonyl (C=O) groups excluding carboxylic acids is 1. The van der Waals surface area contributed by atoms with Gasteiger partial charge in [0.2, 0.25) is 5.91 Å². The number of aromatic nitrogens is 1. The van der Waals surface area contributed by atoms with E-state index in [-0.39, 0.29) is 12.3 Å². The van der Waals surface area contributed by atoms with Crippen LogP contribution in [0.3, 0.4) is 0 Å². The fourth-order valence-electron chi connectivity index (χ4n) is 1.60. The average molecular weight is 221 g/mol. The number of β-amino-alcohol motifs (C(OH)–C–C–N with tert-alkyl or cyclic N) is 1. The summed E-state index contributed by atoms with van der Waals surface area (Å²) in [5.74, 6) is -0.132. The zero-order valence-electron chi connectivity index (χ0n) is 8.94. The van der Waals surface area contributed by atoms with Gasteiger partial charge in [-0.2, -0.15) is 0 Å². The van der Waals surface area contributed by atoms with Gasteiger partial charge in [0.15, 0.2) is 0 Å². The Morgan fingerprint density at radius 1 is 1.62 bits per heavy atom. The molecule has 1 aliphatic heterocycles. The molecule has 5 heteroatoms. The van der Waals surface area contributed by atoms with Gasteiger partial charge in [-0.25, -0.2) is 0 Å². The Hall–Kier alpha value is -1.46. The molecular weight excluding hydrogens is 206 g/mol. The van der Waals surface area contributed by atoms with Crippen molar-refractivity contribution in [3.63, 3.8) is 0 Å². The molecule has 16 heavy (non-hydrogen) atoms. The van der Waals surface area contributed by atoms with Gasteiger partial charge in [0.05, 0.1) is 12.0 Å². The van der Waals surface area contributed by atoms with Crippen molar-refractivity contribution in [2.45, 2.75) is 18.6 Å². The van der Waals surface area contributed by atoms with Crippen molar-refractivity contribution in [2.24, 2.45) is 0 Å². The van der Waals surface area contributed by atoms with Crippen LogP contribution in [0.15, 0.2) is 24.5 Å². The maximum atomic E-state index is 11.5. The molecule has 2 rings (SSSR count). The Kier molecular flexibility index (Phi) is 3.17. The van der Waals surface area contributed by atoms with E-state index in [1.54, 1.807) is 12.4 Å². The first-order chi connectivity index (χ1) is 7.68. The standard InChI is InChI=1S/C11H15N3O2/c15-10(4-11(16)7-13-8-11)14-6-9-2-1-3-12-5-9/h1-3,5,13,16H,4,6-8H2,(H,14,15). The van der Waals surface area contributed by atoms with Crippen molar-refractivity contribution >= 4 is 5.91 Å². The van der Waals surface area contributed by atoms with Crippen molar-refractivity contribution in [1.82, 2.24) is 15.6 Å². The lowest BCUT2D eigenvalue weighted by atomic mass is 9.93. The summed E-state index contributed by atoms with van der Waals surface area (Å²) in [6.07, 6.45) is 3.55. The van der Waals surface area contributed by atoms with Crippen LogP contribution >= 0.6 is 0 Å². The van der Waals surface area contributed by atoms with Crippen molar-refractivity contribution in [2.75, 3.05) is 13.1 Å². The van der Waals surface area contributed by atoms with Crippen molar-refractivity contribution < 1.29 is 9.90 Å². The van der Waals surface area contributed by atoms with E-state index in [0.717, 1.165) is 5.56 Å². The smallest absolute Gasteiger partial charge is 0.223 e. The lowest BCUT2D eigenvalue weighted by Gasteiger charge is -2.36. The van der Waals surface area contributed by atoms with Gasteiger partial charge in [0.25, 0.3) is 0 Å². The number of aliphatic hydroxyl groups is 1. The quantitative estimate of drug-likeness (QED) is 0.636. The summed E-state index contributed by atoms with van der Waals surface area (Å²) in [6.45, 7) is 1.44. The first kappa shape index (κ1) is 11.0. The van der Waals surface area contributed by atoms with Crippen LogP contribution in [0.2, 0.25) is 0 Å². The van der Waals surface area contributed by atoms with Crippen molar-refractivity contribution in [1.29, 1.82) is 0 Å². The molecule has 0 saturated carbocycles. The molecule has 0 unspecified atom stereocenters. The monoisotopic (exact) mass is 221 g/mol. The lowest BCUT2D eigenvalue weighted by Crippen LogP contribution is -2.61. The molecule has 1 aromatic rings. The molecule has 0 aliphatic carbocycles. The third kappa shape index (κ3) is 2.77. The van der Waals surface area contributed by atoms with Gasteiger partial charge in [-0.1, -0.05) is 6.07 Å². The van der Waals surface area contributed by atoms with E-state index in [1.807, 2.05) is 12.1 Å². The summed E-state index contributed by atoms with van der Waals surface area (Å²) in [5.41, 5.74) is 0.105. The number of nitrogens with zero attached hydrogens (tertiary/aromatic N) is 1. The molecule has 1 amide bonds. The van der Waals surface area contributed by atoms with E-state index in [4.69, 9.17) is 0 Å². The molecule has 86 valence electrons. The molecule has 3 N–H and O–H groups in total. The van der Waals surface area contributed by atoms with Crippen LogP contribution in [0.5, 0.6) is 0 Å². The molecule has 0 atom stereocenters. The predicted octanol–water partition coefficient (Wildman–Crippen LogP) is -0.578. The van der Waals surface area contributed by atoms with E-state index in [1.165, 1.54) is 0 Å². The Balaban J connectivity index is 1.76. The number of carbonyl (C=O) groups is 1. The summed E-state index contributed by atoms with van der Waals surface area (Å²) in [7, 11) is 0. The largest absolute Gasteiger partial charge is 0.387 e. The van der Waals surface area contributed by atoms with Crippen LogP contribution in [0, 0.1) is 0 Å². The van der Waals surface area contributed by atoms with E-state index in [2.05, 4.69) is 15.6 Å². The second-order valence-corrected chi connectivity index (χ2v) is 4.14. The van der Waals surface area contributed by atoms with Gasteiger partial charge in [-0.3, -0.25) is 9.78 Å². The molecular formula is C11H15N3O2. The minimum Gasteiger partial charge on any atom is -0.387 e. The SMILES string of the molecule is O=C(CC1(O)CNC1)NCc1cccnc1. The normalized spacial score (nSPS) is 17.6. The summed E-state index contributed by atoms with van der Waals surface area (Å²) in [6, 6.07) is 3.72. The topological polar surface area (TPSA) is 74.2 Å². The number of pyridine rings is 1. The predicted molar refractivity (Wildman–Crippen MR) is 58.5 cm³/mol. The summed E-state index contributed by atoms with van der Waals surface area (Å²) in [4.78, 5) is 15.5. The van der Waals surface area contributed by atoms with Gasteiger partial charge in [-0.05, 0) is 11.6 Å². The highest BCUT2D eigenvalue weighted by Crippen LogP contribution is 2.14. The molecule has 1 aromatic heterocycles. The van der Waals surface area contributed by atoms with E-state index in [0.29, 0.717) is 19.6 Å². The number of rotatable bonds is 4. The third-order valence-corrected chi connectivity index (χ3v) is 2.61. The highest BCUT2D eigenvalue weighted by molar-refractivity contribution is 5.77. The van der Waals surface area contributed by atoms with E-state index >= 15 is 0 Å². The average Bonchev–Trinajstić information content (AvgIpc) is 2.26. The van der Waals surface area contributed by atoms with Gasteiger partial charge in [-0.15, -0.1) is 0 Å². The van der Waals surface area contributed by atoms with Gasteiger partial charge >= 0.3 is 0 Å². The Morgan fingerprint density at radius 2 is 2.44 bits per heavy atom. The Morgan fingerprint density at radius 3 is 3.00 bits per heavy atom. The van der Waals surface area contributed by atoms with Gasteiger partial charge in [0, 0.05) is 32.0 Å². The van der Waals surface area contributed by atoms with Crippen LogP contribution in [-0.4, -0.2) is 34.7 Å². The van der Waals surface area contributed by atoms with E-state index in [9.17, 15) is 9.90 Å². The van der Waals surface area contributed by atoms with Gasteiger partial charge in [0.1, 0.15) is 0 Å². The molecule has 1 saturated heterocycles. The Bertz CT molecular complexity index is 363.